The second-order valence-corrected chi connectivity index (χ2v) is 4.90. The monoisotopic (exact) mass is 287 g/mol. The van der Waals surface area contributed by atoms with E-state index in [4.69, 9.17) is 9.47 Å². The van der Waals surface area contributed by atoms with Gasteiger partial charge in [-0.1, -0.05) is 6.07 Å². The van der Waals surface area contributed by atoms with Crippen LogP contribution < -0.4 is 10.1 Å². The number of anilines is 1. The molecular formula is C16H21N3O2. The number of methoxy groups -OCH3 is 1. The van der Waals surface area contributed by atoms with Crippen LogP contribution in [-0.4, -0.2) is 23.6 Å². The highest BCUT2D eigenvalue weighted by Gasteiger charge is 2.07. The summed E-state index contributed by atoms with van der Waals surface area (Å²) in [5.74, 6) is 2.62. The standard InChI is InChI=1S/C16H21N3O2/c1-5-17-14-9-16(19-15(18-14)10-20-4)21-13-7-11(2)6-12(3)8-13/h6-9H,5,10H2,1-4H3,(H,17,18,19). The van der Waals surface area contributed by atoms with Crippen molar-refractivity contribution in [2.45, 2.75) is 27.4 Å². The van der Waals surface area contributed by atoms with Crippen LogP contribution in [-0.2, 0) is 11.3 Å². The lowest BCUT2D eigenvalue weighted by Crippen LogP contribution is -2.05. The second kappa shape index (κ2) is 7.04. The Hall–Kier alpha value is -2.14. The van der Waals surface area contributed by atoms with E-state index in [1.165, 1.54) is 0 Å². The Bertz CT molecular complexity index is 570. The maximum absolute atomic E-state index is 5.87. The molecule has 21 heavy (non-hydrogen) atoms. The molecule has 0 bridgehead atoms. The van der Waals surface area contributed by atoms with Gasteiger partial charge in [0.1, 0.15) is 18.2 Å². The third-order valence-corrected chi connectivity index (χ3v) is 2.80. The van der Waals surface area contributed by atoms with Gasteiger partial charge >= 0.3 is 0 Å². The van der Waals surface area contributed by atoms with Gasteiger partial charge < -0.3 is 14.8 Å². The number of hydrogen-bond acceptors (Lipinski definition) is 5. The number of ether oxygens (including phenoxy) is 2. The molecular weight excluding hydrogens is 266 g/mol. The van der Waals surface area contributed by atoms with Crippen LogP contribution in [0, 0.1) is 13.8 Å². The molecule has 0 spiro atoms. The number of benzene rings is 1. The molecule has 0 aliphatic rings. The van der Waals surface area contributed by atoms with Gasteiger partial charge in [-0.3, -0.25) is 0 Å². The SMILES string of the molecule is CCNc1cc(Oc2cc(C)cc(C)c2)nc(COC)n1. The number of nitrogens with zero attached hydrogens (tertiary/aromatic N) is 2. The quantitative estimate of drug-likeness (QED) is 0.881. The Morgan fingerprint density at radius 3 is 2.38 bits per heavy atom. The van der Waals surface area contributed by atoms with Crippen LogP contribution in [0.15, 0.2) is 24.3 Å². The van der Waals surface area contributed by atoms with Gasteiger partial charge in [0.25, 0.3) is 0 Å². The molecule has 0 fully saturated rings. The molecule has 1 N–H and O–H groups in total. The van der Waals surface area contributed by atoms with Gasteiger partial charge in [-0.05, 0) is 44.0 Å². The van der Waals surface area contributed by atoms with Crippen molar-refractivity contribution in [3.63, 3.8) is 0 Å². The fourth-order valence-electron chi connectivity index (χ4n) is 2.10. The number of hydrogen-bond donors (Lipinski definition) is 1. The highest BCUT2D eigenvalue weighted by Crippen LogP contribution is 2.24. The van der Waals surface area contributed by atoms with Crippen molar-refractivity contribution in [1.29, 1.82) is 0 Å². The number of rotatable bonds is 6. The minimum Gasteiger partial charge on any atom is -0.439 e. The van der Waals surface area contributed by atoms with Gasteiger partial charge in [0.05, 0.1) is 0 Å². The Kier molecular flexibility index (Phi) is 5.11. The molecule has 1 heterocycles. The van der Waals surface area contributed by atoms with Crippen LogP contribution in [0.3, 0.4) is 0 Å². The summed E-state index contributed by atoms with van der Waals surface area (Å²) in [6.07, 6.45) is 0. The number of aryl methyl sites for hydroxylation is 2. The van der Waals surface area contributed by atoms with Gasteiger partial charge in [-0.15, -0.1) is 0 Å². The summed E-state index contributed by atoms with van der Waals surface area (Å²) in [5, 5.41) is 3.17. The van der Waals surface area contributed by atoms with Crippen molar-refractivity contribution in [2.75, 3.05) is 19.0 Å². The average molecular weight is 287 g/mol. The minimum absolute atomic E-state index is 0.350. The Morgan fingerprint density at radius 1 is 1.05 bits per heavy atom. The molecule has 0 aliphatic carbocycles. The van der Waals surface area contributed by atoms with E-state index in [0.717, 1.165) is 29.2 Å². The molecule has 0 unspecified atom stereocenters. The maximum atomic E-state index is 5.87. The van der Waals surface area contributed by atoms with Crippen LogP contribution in [0.2, 0.25) is 0 Å². The summed E-state index contributed by atoms with van der Waals surface area (Å²) in [4.78, 5) is 8.72. The summed E-state index contributed by atoms with van der Waals surface area (Å²) in [5.41, 5.74) is 2.31. The van der Waals surface area contributed by atoms with Crippen LogP contribution in [0.25, 0.3) is 0 Å². The van der Waals surface area contributed by atoms with Crippen LogP contribution in [0.5, 0.6) is 11.6 Å². The fourth-order valence-corrected chi connectivity index (χ4v) is 2.10. The molecule has 5 heteroatoms. The zero-order valence-corrected chi connectivity index (χ0v) is 12.9. The first kappa shape index (κ1) is 15.3. The van der Waals surface area contributed by atoms with E-state index in [1.54, 1.807) is 13.2 Å². The number of aromatic nitrogens is 2. The topological polar surface area (TPSA) is 56.3 Å². The van der Waals surface area contributed by atoms with E-state index < -0.39 is 0 Å². The predicted octanol–water partition coefficient (Wildman–Crippen LogP) is 3.46. The Morgan fingerprint density at radius 2 is 1.76 bits per heavy atom. The third kappa shape index (κ3) is 4.43. The summed E-state index contributed by atoms with van der Waals surface area (Å²) >= 11 is 0. The normalized spacial score (nSPS) is 10.5. The lowest BCUT2D eigenvalue weighted by molar-refractivity contribution is 0.177. The van der Waals surface area contributed by atoms with Crippen molar-refractivity contribution < 1.29 is 9.47 Å². The molecule has 0 saturated heterocycles. The predicted molar refractivity (Wildman–Crippen MR) is 82.9 cm³/mol. The van der Waals surface area contributed by atoms with E-state index in [1.807, 2.05) is 32.9 Å². The average Bonchev–Trinajstić information content (AvgIpc) is 2.37. The molecule has 0 radical (unpaired) electrons. The van der Waals surface area contributed by atoms with Crippen molar-refractivity contribution in [3.8, 4) is 11.6 Å². The molecule has 112 valence electrons. The van der Waals surface area contributed by atoms with Crippen LogP contribution in [0.1, 0.15) is 23.9 Å². The van der Waals surface area contributed by atoms with E-state index in [2.05, 4.69) is 21.4 Å². The second-order valence-electron chi connectivity index (χ2n) is 4.90. The Labute approximate surface area is 125 Å². The first-order valence-electron chi connectivity index (χ1n) is 6.97. The van der Waals surface area contributed by atoms with Crippen LogP contribution in [0.4, 0.5) is 5.82 Å². The lowest BCUT2D eigenvalue weighted by Gasteiger charge is -2.10. The molecule has 1 aromatic carbocycles. The van der Waals surface area contributed by atoms with E-state index in [-0.39, 0.29) is 0 Å². The lowest BCUT2D eigenvalue weighted by atomic mass is 10.1. The highest BCUT2D eigenvalue weighted by atomic mass is 16.5. The zero-order chi connectivity index (χ0) is 15.2. The summed E-state index contributed by atoms with van der Waals surface area (Å²) < 4.78 is 11.0. The van der Waals surface area contributed by atoms with Gasteiger partial charge in [-0.25, -0.2) is 4.98 Å². The third-order valence-electron chi connectivity index (χ3n) is 2.80. The minimum atomic E-state index is 0.350. The van der Waals surface area contributed by atoms with Gasteiger partial charge in [0.15, 0.2) is 5.82 Å². The smallest absolute Gasteiger partial charge is 0.224 e. The van der Waals surface area contributed by atoms with Crippen molar-refractivity contribution >= 4 is 5.82 Å². The molecule has 0 amide bonds. The van der Waals surface area contributed by atoms with Crippen molar-refractivity contribution in [2.24, 2.45) is 0 Å². The fraction of sp³-hybridized carbons (Fsp3) is 0.375. The van der Waals surface area contributed by atoms with Crippen molar-refractivity contribution in [1.82, 2.24) is 9.97 Å². The maximum Gasteiger partial charge on any atom is 0.224 e. The molecule has 2 aromatic rings. The number of nitrogens with one attached hydrogen (secondary N) is 1. The van der Waals surface area contributed by atoms with Gasteiger partial charge in [0, 0.05) is 19.7 Å². The first-order valence-corrected chi connectivity index (χ1v) is 6.97. The zero-order valence-electron chi connectivity index (χ0n) is 12.9. The van der Waals surface area contributed by atoms with E-state index in [0.29, 0.717) is 18.3 Å². The highest BCUT2D eigenvalue weighted by molar-refractivity contribution is 5.41. The molecule has 5 nitrogen and oxygen atoms in total. The summed E-state index contributed by atoms with van der Waals surface area (Å²) in [6.45, 7) is 7.23. The molecule has 0 saturated carbocycles. The molecule has 1 aromatic heterocycles. The van der Waals surface area contributed by atoms with Crippen molar-refractivity contribution in [3.05, 3.63) is 41.2 Å². The van der Waals surface area contributed by atoms with E-state index in [9.17, 15) is 0 Å². The van der Waals surface area contributed by atoms with E-state index >= 15 is 0 Å². The van der Waals surface area contributed by atoms with Gasteiger partial charge in [-0.2, -0.15) is 4.98 Å². The van der Waals surface area contributed by atoms with Crippen LogP contribution >= 0.6 is 0 Å². The largest absolute Gasteiger partial charge is 0.439 e. The molecule has 0 atom stereocenters. The molecule has 2 rings (SSSR count). The molecule has 0 aliphatic heterocycles. The first-order chi connectivity index (χ1) is 10.1. The van der Waals surface area contributed by atoms with Gasteiger partial charge in [0.2, 0.25) is 5.88 Å². The summed E-state index contributed by atoms with van der Waals surface area (Å²) in [6, 6.07) is 7.86. The summed E-state index contributed by atoms with van der Waals surface area (Å²) in [7, 11) is 1.62. The Balaban J connectivity index is 2.28.